The number of benzene rings is 3. The number of rotatable bonds is 5. The molecule has 0 amide bonds. The molecule has 0 saturated carbocycles. The third kappa shape index (κ3) is 4.51. The van der Waals surface area contributed by atoms with E-state index < -0.39 is 35.7 Å². The number of azo groups is 2. The first-order valence-corrected chi connectivity index (χ1v) is 10.8. The Morgan fingerprint density at radius 3 is 1.76 bits per heavy atom. The molecule has 0 atom stereocenters. The lowest BCUT2D eigenvalue weighted by Crippen LogP contribution is -2.02. The molecule has 0 fully saturated rings. The van der Waals surface area contributed by atoms with Gasteiger partial charge >= 0.3 is 0 Å². The van der Waals surface area contributed by atoms with E-state index in [1.165, 1.54) is 7.05 Å². The van der Waals surface area contributed by atoms with Gasteiger partial charge in [-0.3, -0.25) is 9.11 Å². The van der Waals surface area contributed by atoms with Crippen LogP contribution in [0, 0.1) is 0 Å². The Balaban J connectivity index is 2.19. The minimum atomic E-state index is -4.71. The fraction of sp³-hybridized carbons (Fsp3) is 0.0588. The van der Waals surface area contributed by atoms with Crippen LogP contribution >= 0.6 is 0 Å². The highest BCUT2D eigenvalue weighted by atomic mass is 32.2. The molecule has 0 radical (unpaired) electrons. The van der Waals surface area contributed by atoms with Crippen LogP contribution in [0.2, 0.25) is 0 Å². The number of fused-ring (bicyclic) bond motifs is 1. The van der Waals surface area contributed by atoms with E-state index >= 15 is 0 Å². The first kappa shape index (κ1) is 20.7. The van der Waals surface area contributed by atoms with Gasteiger partial charge in [0.2, 0.25) is 0 Å². The molecule has 3 rings (SSSR count). The third-order valence-corrected chi connectivity index (χ3v) is 5.61. The average molecular weight is 434 g/mol. The summed E-state index contributed by atoms with van der Waals surface area (Å²) in [6.45, 7) is 0. The van der Waals surface area contributed by atoms with E-state index in [0.717, 1.165) is 23.6 Å². The van der Waals surface area contributed by atoms with E-state index in [-0.39, 0.29) is 0 Å². The number of hydrogen-bond donors (Lipinski definition) is 2. The van der Waals surface area contributed by atoms with Gasteiger partial charge in [-0.2, -0.15) is 27.1 Å². The molecule has 0 heterocycles. The lowest BCUT2D eigenvalue weighted by Gasteiger charge is -2.06. The van der Waals surface area contributed by atoms with Crippen molar-refractivity contribution in [2.45, 2.75) is 9.79 Å². The molecule has 0 aliphatic rings. The van der Waals surface area contributed by atoms with Crippen LogP contribution < -0.4 is 0 Å². The van der Waals surface area contributed by atoms with Crippen molar-refractivity contribution in [3.8, 4) is 0 Å². The minimum Gasteiger partial charge on any atom is -0.282 e. The molecular weight excluding hydrogens is 420 g/mol. The largest absolute Gasteiger partial charge is 0.296 e. The van der Waals surface area contributed by atoms with Gasteiger partial charge in [0.05, 0.1) is 16.3 Å². The molecule has 2 N–H and O–H groups in total. The fourth-order valence-electron chi connectivity index (χ4n) is 2.61. The third-order valence-electron chi connectivity index (χ3n) is 3.86. The second-order valence-electron chi connectivity index (χ2n) is 5.73. The summed E-state index contributed by atoms with van der Waals surface area (Å²) in [7, 11) is -7.80. The van der Waals surface area contributed by atoms with E-state index in [9.17, 15) is 25.9 Å². The molecule has 0 bridgehead atoms. The van der Waals surface area contributed by atoms with Crippen LogP contribution in [0.25, 0.3) is 10.8 Å². The minimum absolute atomic E-state index is 0.342. The summed E-state index contributed by atoms with van der Waals surface area (Å²) in [6.07, 6.45) is 0. The standard InChI is InChI=1S/C17H14N4O6S2/c1-18-19-14-7-8-15(13-5-3-2-4-12(13)14)20-21-16-10-11(28(22,23)24)6-9-17(16)29(25,26)27/h2-10H,1H3,(H,22,23,24)(H,25,26,27). The maximum Gasteiger partial charge on any atom is 0.296 e. The topological polar surface area (TPSA) is 158 Å². The lowest BCUT2D eigenvalue weighted by molar-refractivity contribution is 0.478. The van der Waals surface area contributed by atoms with E-state index in [1.54, 1.807) is 36.4 Å². The monoisotopic (exact) mass is 434 g/mol. The van der Waals surface area contributed by atoms with Crippen LogP contribution in [-0.4, -0.2) is 33.0 Å². The molecule has 3 aromatic carbocycles. The molecule has 0 aromatic heterocycles. The summed E-state index contributed by atoms with van der Waals surface area (Å²) in [5.74, 6) is 0. The van der Waals surface area contributed by atoms with Crippen molar-refractivity contribution in [2.75, 3.05) is 7.05 Å². The van der Waals surface area contributed by atoms with Gasteiger partial charge in [0.1, 0.15) is 10.6 Å². The van der Waals surface area contributed by atoms with Gasteiger partial charge in [0.15, 0.2) is 0 Å². The Morgan fingerprint density at radius 1 is 0.690 bits per heavy atom. The maximum absolute atomic E-state index is 11.6. The van der Waals surface area contributed by atoms with Crippen molar-refractivity contribution >= 4 is 48.1 Å². The summed E-state index contributed by atoms with van der Waals surface area (Å²) >= 11 is 0. The van der Waals surface area contributed by atoms with Gasteiger partial charge < -0.3 is 0 Å². The Bertz CT molecular complexity index is 1370. The Labute approximate surface area is 166 Å². The fourth-order valence-corrected chi connectivity index (χ4v) is 3.72. The Kier molecular flexibility index (Phi) is 5.53. The van der Waals surface area contributed by atoms with E-state index in [4.69, 9.17) is 0 Å². The van der Waals surface area contributed by atoms with Crippen molar-refractivity contribution in [1.82, 2.24) is 0 Å². The highest BCUT2D eigenvalue weighted by molar-refractivity contribution is 7.86. The van der Waals surface area contributed by atoms with Crippen LogP contribution in [0.5, 0.6) is 0 Å². The van der Waals surface area contributed by atoms with E-state index in [1.807, 2.05) is 0 Å². The highest BCUT2D eigenvalue weighted by Crippen LogP contribution is 2.35. The molecule has 150 valence electrons. The second-order valence-corrected chi connectivity index (χ2v) is 8.54. The van der Waals surface area contributed by atoms with Crippen molar-refractivity contribution in [3.63, 3.8) is 0 Å². The van der Waals surface area contributed by atoms with Gasteiger partial charge in [0, 0.05) is 17.8 Å². The van der Waals surface area contributed by atoms with Crippen LogP contribution in [0.1, 0.15) is 0 Å². The van der Waals surface area contributed by atoms with Crippen LogP contribution in [0.4, 0.5) is 17.1 Å². The van der Waals surface area contributed by atoms with Gasteiger partial charge in [-0.05, 0) is 30.3 Å². The first-order chi connectivity index (χ1) is 13.6. The van der Waals surface area contributed by atoms with Crippen molar-refractivity contribution in [3.05, 3.63) is 54.6 Å². The predicted molar refractivity (Wildman–Crippen MR) is 105 cm³/mol. The summed E-state index contributed by atoms with van der Waals surface area (Å²) < 4.78 is 64.4. The van der Waals surface area contributed by atoms with Gasteiger partial charge in [0.25, 0.3) is 20.2 Å². The predicted octanol–water partition coefficient (Wildman–Crippen LogP) is 4.46. The van der Waals surface area contributed by atoms with E-state index in [0.29, 0.717) is 16.8 Å². The zero-order chi connectivity index (χ0) is 21.2. The Morgan fingerprint density at radius 2 is 1.24 bits per heavy atom. The number of hydrogen-bond acceptors (Lipinski definition) is 8. The van der Waals surface area contributed by atoms with Crippen LogP contribution in [-0.2, 0) is 20.2 Å². The summed E-state index contributed by atoms with van der Waals surface area (Å²) in [5, 5.41) is 16.9. The summed E-state index contributed by atoms with van der Waals surface area (Å²) in [5.41, 5.74) is 0.479. The molecule has 10 nitrogen and oxygen atoms in total. The maximum atomic E-state index is 11.6. The van der Waals surface area contributed by atoms with Crippen molar-refractivity contribution < 1.29 is 25.9 Å². The lowest BCUT2D eigenvalue weighted by atomic mass is 10.1. The average Bonchev–Trinajstić information content (AvgIpc) is 2.66. The van der Waals surface area contributed by atoms with Gasteiger partial charge in [-0.15, -0.1) is 10.2 Å². The van der Waals surface area contributed by atoms with Crippen molar-refractivity contribution in [1.29, 1.82) is 0 Å². The summed E-state index contributed by atoms with van der Waals surface area (Å²) in [6, 6.07) is 12.8. The quantitative estimate of drug-likeness (QED) is 0.445. The molecule has 12 heteroatoms. The smallest absolute Gasteiger partial charge is 0.282 e. The van der Waals surface area contributed by atoms with Crippen molar-refractivity contribution in [2.24, 2.45) is 20.5 Å². The SMILES string of the molecule is CN=Nc1ccc(N=Nc2cc(S(=O)(=O)O)ccc2S(=O)(=O)O)c2ccccc12. The molecular formula is C17H14N4O6S2. The zero-order valence-corrected chi connectivity index (χ0v) is 16.5. The molecule has 29 heavy (non-hydrogen) atoms. The molecule has 0 spiro atoms. The normalized spacial score (nSPS) is 12.9. The summed E-state index contributed by atoms with van der Waals surface area (Å²) in [4.78, 5) is -1.25. The number of nitrogens with zero attached hydrogens (tertiary/aromatic N) is 4. The van der Waals surface area contributed by atoms with Gasteiger partial charge in [-0.1, -0.05) is 24.3 Å². The zero-order valence-electron chi connectivity index (χ0n) is 14.8. The molecule has 0 aliphatic carbocycles. The molecule has 3 aromatic rings. The molecule has 0 saturated heterocycles. The van der Waals surface area contributed by atoms with E-state index in [2.05, 4.69) is 20.5 Å². The first-order valence-electron chi connectivity index (χ1n) is 7.93. The van der Waals surface area contributed by atoms with Crippen LogP contribution in [0.3, 0.4) is 0 Å². The second kappa shape index (κ2) is 7.75. The Hall–Kier alpha value is -3.06. The van der Waals surface area contributed by atoms with Crippen LogP contribution in [0.15, 0.2) is 84.8 Å². The van der Waals surface area contributed by atoms with Gasteiger partial charge in [-0.25, -0.2) is 0 Å². The molecule has 0 aliphatic heterocycles. The highest BCUT2D eigenvalue weighted by Gasteiger charge is 2.20. The molecule has 0 unspecified atom stereocenters.